The summed E-state index contributed by atoms with van der Waals surface area (Å²) in [6.07, 6.45) is 0. The van der Waals surface area contributed by atoms with Gasteiger partial charge in [0.25, 0.3) is 5.91 Å². The molecule has 0 bridgehead atoms. The molecule has 6 rings (SSSR count). The van der Waals surface area contributed by atoms with Crippen molar-refractivity contribution in [3.05, 3.63) is 105 Å². The van der Waals surface area contributed by atoms with Gasteiger partial charge < -0.3 is 20.3 Å². The molecule has 2 unspecified atom stereocenters. The molecule has 0 saturated carbocycles. The van der Waals surface area contributed by atoms with Crippen LogP contribution in [0.25, 0.3) is 0 Å². The number of benzene rings is 3. The summed E-state index contributed by atoms with van der Waals surface area (Å²) in [6.45, 7) is 0.260. The van der Waals surface area contributed by atoms with Crippen LogP contribution in [0.5, 0.6) is 0 Å². The van der Waals surface area contributed by atoms with Crippen LogP contribution < -0.4 is 15.5 Å². The zero-order valence-corrected chi connectivity index (χ0v) is 20.2. The molecule has 172 valence electrons. The van der Waals surface area contributed by atoms with E-state index in [9.17, 15) is 14.9 Å². The molecule has 0 aliphatic carbocycles. The van der Waals surface area contributed by atoms with Crippen molar-refractivity contribution in [2.45, 2.75) is 17.6 Å². The number of amides is 2. The largest absolute Gasteiger partial charge is 0.455 e. The van der Waals surface area contributed by atoms with Gasteiger partial charge in [0.15, 0.2) is 5.41 Å². The molecule has 8 heteroatoms. The molecule has 0 fully saturated rings. The predicted molar refractivity (Wildman–Crippen MR) is 133 cm³/mol. The lowest BCUT2D eigenvalue weighted by atomic mass is 9.62. The third-order valence-corrected chi connectivity index (χ3v) is 7.67. The van der Waals surface area contributed by atoms with Gasteiger partial charge in [0, 0.05) is 28.3 Å². The second-order valence-electron chi connectivity index (χ2n) is 8.80. The molecular formula is C27H19BrN4O3. The van der Waals surface area contributed by atoms with E-state index in [0.29, 0.717) is 27.0 Å². The molecule has 0 saturated heterocycles. The summed E-state index contributed by atoms with van der Waals surface area (Å²) in [5, 5.41) is 10.3. The summed E-state index contributed by atoms with van der Waals surface area (Å²) in [4.78, 5) is 31.8. The zero-order chi connectivity index (χ0) is 24.5. The van der Waals surface area contributed by atoms with E-state index >= 15 is 0 Å². The fourth-order valence-corrected chi connectivity index (χ4v) is 6.11. The normalized spacial score (nSPS) is 24.3. The Labute approximate surface area is 210 Å². The smallest absolute Gasteiger partial charge is 0.277 e. The van der Waals surface area contributed by atoms with E-state index in [1.807, 2.05) is 48.5 Å². The van der Waals surface area contributed by atoms with Gasteiger partial charge in [-0.2, -0.15) is 5.26 Å². The standard InChI is InChI=1S/C27H19BrN4O3/c1-31-21-10-6-5-9-18(21)27(25(31)34)26(20(14-29)23(30)35-27)19-13-17(28)11-12-22(19)32(24(26)33)15-16-7-3-2-4-8-16/h2-13H,15,30H2,1H3. The number of ether oxygens (including phenoxy) is 1. The Morgan fingerprint density at radius 1 is 0.971 bits per heavy atom. The lowest BCUT2D eigenvalue weighted by molar-refractivity contribution is -0.148. The number of hydrogen-bond acceptors (Lipinski definition) is 5. The summed E-state index contributed by atoms with van der Waals surface area (Å²) in [6, 6.07) is 24.3. The Morgan fingerprint density at radius 2 is 1.69 bits per heavy atom. The fourth-order valence-electron chi connectivity index (χ4n) is 5.75. The van der Waals surface area contributed by atoms with Crippen LogP contribution in [0.1, 0.15) is 16.7 Å². The van der Waals surface area contributed by atoms with Gasteiger partial charge in [0.1, 0.15) is 11.6 Å². The summed E-state index contributed by atoms with van der Waals surface area (Å²) >= 11 is 3.52. The molecule has 2 amide bonds. The first-order valence-corrected chi connectivity index (χ1v) is 11.8. The number of nitrogens with zero attached hydrogens (tertiary/aromatic N) is 3. The predicted octanol–water partition coefficient (Wildman–Crippen LogP) is 3.83. The summed E-state index contributed by atoms with van der Waals surface area (Å²) in [5.41, 5.74) is 5.74. The number of fused-ring (bicyclic) bond motifs is 5. The van der Waals surface area contributed by atoms with Gasteiger partial charge in [-0.1, -0.05) is 64.5 Å². The minimum atomic E-state index is -1.84. The SMILES string of the molecule is CN1C(=O)C2(OC(N)=C(C#N)C23C(=O)N(Cc2ccccc2)c2ccc(Br)cc23)c2ccccc21. The molecule has 7 nitrogen and oxygen atoms in total. The van der Waals surface area contributed by atoms with Crippen molar-refractivity contribution < 1.29 is 14.3 Å². The minimum absolute atomic E-state index is 0.0594. The van der Waals surface area contributed by atoms with Crippen molar-refractivity contribution >= 4 is 39.1 Å². The molecule has 2 spiro atoms. The average Bonchev–Trinajstić information content (AvgIpc) is 3.36. The average molecular weight is 527 g/mol. The van der Waals surface area contributed by atoms with E-state index < -0.39 is 22.8 Å². The van der Waals surface area contributed by atoms with E-state index in [2.05, 4.69) is 22.0 Å². The Balaban J connectivity index is 1.70. The molecule has 2 atom stereocenters. The van der Waals surface area contributed by atoms with E-state index in [1.54, 1.807) is 36.2 Å². The monoisotopic (exact) mass is 526 g/mol. The molecule has 3 heterocycles. The maximum atomic E-state index is 14.7. The zero-order valence-electron chi connectivity index (χ0n) is 18.7. The van der Waals surface area contributed by atoms with Crippen molar-refractivity contribution in [3.63, 3.8) is 0 Å². The van der Waals surface area contributed by atoms with Crippen LogP contribution in [0.3, 0.4) is 0 Å². The van der Waals surface area contributed by atoms with Crippen LogP contribution in [0.2, 0.25) is 0 Å². The Kier molecular flexibility index (Phi) is 4.41. The van der Waals surface area contributed by atoms with Crippen LogP contribution in [-0.4, -0.2) is 18.9 Å². The van der Waals surface area contributed by atoms with E-state index in [1.165, 1.54) is 4.90 Å². The van der Waals surface area contributed by atoms with Crippen LogP contribution in [0.4, 0.5) is 11.4 Å². The van der Waals surface area contributed by atoms with Gasteiger partial charge in [-0.3, -0.25) is 9.59 Å². The quantitative estimate of drug-likeness (QED) is 0.546. The molecule has 0 aromatic heterocycles. The first-order valence-electron chi connectivity index (χ1n) is 11.0. The number of nitriles is 1. The fraction of sp³-hybridized carbons (Fsp3) is 0.148. The van der Waals surface area contributed by atoms with Gasteiger partial charge in [0.05, 0.1) is 12.2 Å². The van der Waals surface area contributed by atoms with Crippen molar-refractivity contribution in [3.8, 4) is 6.07 Å². The van der Waals surface area contributed by atoms with Crippen LogP contribution in [0.15, 0.2) is 88.7 Å². The number of nitrogens with two attached hydrogens (primary N) is 1. The third-order valence-electron chi connectivity index (χ3n) is 7.18. The molecule has 0 radical (unpaired) electrons. The molecule has 2 N–H and O–H groups in total. The second-order valence-corrected chi connectivity index (χ2v) is 9.72. The van der Waals surface area contributed by atoms with E-state index in [-0.39, 0.29) is 18.0 Å². The molecule has 3 aliphatic heterocycles. The summed E-state index contributed by atoms with van der Waals surface area (Å²) in [7, 11) is 1.64. The Hall–Kier alpha value is -4.09. The van der Waals surface area contributed by atoms with Gasteiger partial charge >= 0.3 is 0 Å². The minimum Gasteiger partial charge on any atom is -0.455 e. The second kappa shape index (κ2) is 7.20. The highest BCUT2D eigenvalue weighted by Gasteiger charge is 2.78. The van der Waals surface area contributed by atoms with E-state index in [4.69, 9.17) is 10.5 Å². The number of carbonyl (C=O) groups excluding carboxylic acids is 2. The number of carbonyl (C=O) groups is 2. The number of anilines is 2. The van der Waals surface area contributed by atoms with Crippen molar-refractivity contribution in [1.82, 2.24) is 0 Å². The highest BCUT2D eigenvalue weighted by molar-refractivity contribution is 9.10. The Morgan fingerprint density at radius 3 is 2.43 bits per heavy atom. The summed E-state index contributed by atoms with van der Waals surface area (Å²) in [5.74, 6) is -1.09. The van der Waals surface area contributed by atoms with Crippen LogP contribution in [-0.2, 0) is 31.9 Å². The van der Waals surface area contributed by atoms with Gasteiger partial charge in [-0.05, 0) is 29.8 Å². The number of hydrogen-bond donors (Lipinski definition) is 1. The summed E-state index contributed by atoms with van der Waals surface area (Å²) < 4.78 is 6.91. The number of rotatable bonds is 2. The number of para-hydroxylation sites is 1. The van der Waals surface area contributed by atoms with Crippen LogP contribution >= 0.6 is 15.9 Å². The van der Waals surface area contributed by atoms with E-state index in [0.717, 1.165) is 5.56 Å². The maximum Gasteiger partial charge on any atom is 0.277 e. The molecule has 3 aromatic rings. The topological polar surface area (TPSA) is 99.7 Å². The van der Waals surface area contributed by atoms with Crippen molar-refractivity contribution in [2.75, 3.05) is 16.8 Å². The lowest BCUT2D eigenvalue weighted by Gasteiger charge is -2.37. The van der Waals surface area contributed by atoms with Gasteiger partial charge in [-0.15, -0.1) is 0 Å². The Bertz CT molecular complexity index is 1510. The molecule has 35 heavy (non-hydrogen) atoms. The third kappa shape index (κ3) is 2.43. The van der Waals surface area contributed by atoms with Crippen molar-refractivity contribution in [2.24, 2.45) is 5.73 Å². The molecule has 3 aromatic carbocycles. The first-order chi connectivity index (χ1) is 16.9. The highest BCUT2D eigenvalue weighted by atomic mass is 79.9. The first kappa shape index (κ1) is 21.4. The van der Waals surface area contributed by atoms with Crippen molar-refractivity contribution in [1.29, 1.82) is 5.26 Å². The molecule has 3 aliphatic rings. The maximum absolute atomic E-state index is 14.7. The van der Waals surface area contributed by atoms with Crippen LogP contribution in [0, 0.1) is 11.3 Å². The number of likely N-dealkylation sites (N-methyl/N-ethyl adjacent to an activating group) is 1. The lowest BCUT2D eigenvalue weighted by Crippen LogP contribution is -2.58. The molecular weight excluding hydrogens is 508 g/mol. The number of halogens is 1. The highest BCUT2D eigenvalue weighted by Crippen LogP contribution is 2.65. The van der Waals surface area contributed by atoms with Gasteiger partial charge in [0.2, 0.25) is 17.4 Å². The van der Waals surface area contributed by atoms with Gasteiger partial charge in [-0.25, -0.2) is 0 Å².